The third-order valence-corrected chi connectivity index (χ3v) is 5.86. The van der Waals surface area contributed by atoms with E-state index in [0.717, 1.165) is 5.39 Å². The van der Waals surface area contributed by atoms with Gasteiger partial charge in [0.05, 0.1) is 6.54 Å². The summed E-state index contributed by atoms with van der Waals surface area (Å²) in [5.41, 5.74) is 24.2. The Morgan fingerprint density at radius 3 is 2.05 bits per heavy atom. The SMILES string of the molecule is Cl.Cl.NC(N)=NCCCNC(=O)c1ccc2[nH]c(C(=O)Nc3ccc4cc(C(=O)NCCN=C(N)N)[nH]c4c3)cc2c1. The fourth-order valence-electron chi connectivity index (χ4n) is 3.96. The van der Waals surface area contributed by atoms with Crippen LogP contribution in [0.5, 0.6) is 0 Å². The van der Waals surface area contributed by atoms with Crippen LogP contribution in [-0.4, -0.2) is 65.8 Å². The van der Waals surface area contributed by atoms with Crippen LogP contribution in [-0.2, 0) is 0 Å². The molecule has 0 aliphatic rings. The summed E-state index contributed by atoms with van der Waals surface area (Å²) in [6.07, 6.45) is 0.601. The Morgan fingerprint density at radius 1 is 0.667 bits per heavy atom. The Morgan fingerprint density at radius 2 is 1.31 bits per heavy atom. The number of nitrogens with one attached hydrogen (secondary N) is 5. The summed E-state index contributed by atoms with van der Waals surface area (Å²) in [4.78, 5) is 51.6. The van der Waals surface area contributed by atoms with E-state index in [0.29, 0.717) is 58.6 Å². The first-order valence-corrected chi connectivity index (χ1v) is 12.4. The summed E-state index contributed by atoms with van der Waals surface area (Å²) >= 11 is 0. The third-order valence-electron chi connectivity index (χ3n) is 5.86. The number of anilines is 1. The molecule has 2 heterocycles. The Bertz CT molecular complexity index is 1620. The molecule has 3 amide bonds. The minimum Gasteiger partial charge on any atom is -0.370 e. The zero-order valence-electron chi connectivity index (χ0n) is 22.4. The summed E-state index contributed by atoms with van der Waals surface area (Å²) in [6.45, 7) is 1.40. The Hall–Kier alpha value is -4.95. The second-order valence-electron chi connectivity index (χ2n) is 8.90. The lowest BCUT2D eigenvalue weighted by molar-refractivity contribution is 0.0944. The zero-order valence-corrected chi connectivity index (χ0v) is 24.0. The lowest BCUT2D eigenvalue weighted by Gasteiger charge is -2.04. The largest absolute Gasteiger partial charge is 0.370 e. The van der Waals surface area contributed by atoms with Gasteiger partial charge in [-0.25, -0.2) is 0 Å². The number of carbonyl (C=O) groups is 3. The van der Waals surface area contributed by atoms with Crippen molar-refractivity contribution in [3.8, 4) is 0 Å². The molecule has 0 radical (unpaired) electrons. The number of amides is 3. The molecule has 0 atom stereocenters. The van der Waals surface area contributed by atoms with Crippen molar-refractivity contribution >= 4 is 81.9 Å². The van der Waals surface area contributed by atoms with Gasteiger partial charge in [-0.05, 0) is 48.9 Å². The predicted octanol–water partition coefficient (Wildman–Crippen LogP) is 1.14. The molecule has 0 fully saturated rings. The number of guanidine groups is 2. The molecule has 42 heavy (non-hydrogen) atoms. The molecule has 4 aromatic rings. The second kappa shape index (κ2) is 15.2. The van der Waals surface area contributed by atoms with Crippen LogP contribution in [0.4, 0.5) is 5.69 Å². The molecule has 2 aromatic heterocycles. The van der Waals surface area contributed by atoms with Gasteiger partial charge in [0.2, 0.25) is 0 Å². The highest BCUT2D eigenvalue weighted by molar-refractivity contribution is 6.08. The summed E-state index contributed by atoms with van der Waals surface area (Å²) in [6, 6.07) is 13.8. The number of hydrogen-bond acceptors (Lipinski definition) is 5. The zero-order chi connectivity index (χ0) is 28.6. The number of benzene rings is 2. The van der Waals surface area contributed by atoms with E-state index in [9.17, 15) is 14.4 Å². The van der Waals surface area contributed by atoms with Crippen LogP contribution in [0.2, 0.25) is 0 Å². The van der Waals surface area contributed by atoms with E-state index in [1.807, 2.05) is 0 Å². The van der Waals surface area contributed by atoms with Gasteiger partial charge in [-0.3, -0.25) is 24.4 Å². The van der Waals surface area contributed by atoms with Gasteiger partial charge in [-0.1, -0.05) is 6.07 Å². The highest BCUT2D eigenvalue weighted by Crippen LogP contribution is 2.22. The minimum absolute atomic E-state index is 0. The van der Waals surface area contributed by atoms with Gasteiger partial charge in [0.15, 0.2) is 11.9 Å². The van der Waals surface area contributed by atoms with E-state index in [4.69, 9.17) is 22.9 Å². The number of nitrogens with two attached hydrogens (primary N) is 4. The first-order valence-electron chi connectivity index (χ1n) is 12.4. The number of aromatic amines is 2. The number of aromatic nitrogens is 2. The summed E-state index contributed by atoms with van der Waals surface area (Å²) in [7, 11) is 0. The molecular formula is C26H33Cl2N11O3. The van der Waals surface area contributed by atoms with Crippen molar-refractivity contribution in [2.24, 2.45) is 32.9 Å². The van der Waals surface area contributed by atoms with Gasteiger partial charge in [-0.2, -0.15) is 0 Å². The Labute approximate surface area is 253 Å². The van der Waals surface area contributed by atoms with Crippen molar-refractivity contribution in [1.82, 2.24) is 20.6 Å². The summed E-state index contributed by atoms with van der Waals surface area (Å²) in [5, 5.41) is 9.92. The number of halogens is 2. The summed E-state index contributed by atoms with van der Waals surface area (Å²) < 4.78 is 0. The number of aliphatic imine (C=N–C) groups is 2. The van der Waals surface area contributed by atoms with Crippen molar-refractivity contribution in [3.63, 3.8) is 0 Å². The van der Waals surface area contributed by atoms with Gasteiger partial charge in [0.1, 0.15) is 11.4 Å². The molecule has 16 heteroatoms. The Kier molecular flexibility index (Phi) is 12.0. The van der Waals surface area contributed by atoms with E-state index >= 15 is 0 Å². The maximum atomic E-state index is 12.9. The van der Waals surface area contributed by atoms with Crippen LogP contribution in [0.3, 0.4) is 0 Å². The van der Waals surface area contributed by atoms with Crippen molar-refractivity contribution in [1.29, 1.82) is 0 Å². The molecule has 0 bridgehead atoms. The fraction of sp³-hybridized carbons (Fsp3) is 0.192. The number of H-pyrrole nitrogens is 2. The predicted molar refractivity (Wildman–Crippen MR) is 170 cm³/mol. The fourth-order valence-corrected chi connectivity index (χ4v) is 3.96. The molecule has 0 unspecified atom stereocenters. The number of hydrogen-bond donors (Lipinski definition) is 9. The van der Waals surface area contributed by atoms with Crippen molar-refractivity contribution in [2.45, 2.75) is 6.42 Å². The highest BCUT2D eigenvalue weighted by Gasteiger charge is 2.14. The smallest absolute Gasteiger partial charge is 0.272 e. The van der Waals surface area contributed by atoms with Crippen molar-refractivity contribution < 1.29 is 14.4 Å². The van der Waals surface area contributed by atoms with Crippen LogP contribution in [0.15, 0.2) is 58.5 Å². The standard InChI is InChI=1S/C26H31N11O3.2ClH/c27-25(28)33-7-1-6-31-22(38)15-3-5-18-16(10-15)12-21(36-18)24(40)35-17-4-2-14-11-20(37-19(14)13-17)23(39)32-8-9-34-26(29)30;;/h2-5,10-13,36-37H,1,6-9H2,(H,31,38)(H,32,39)(H,35,40)(H4,27,28,33)(H4,29,30,34);2*1H. The Balaban J connectivity index is 0.00000308. The molecule has 224 valence electrons. The van der Waals surface area contributed by atoms with Crippen LogP contribution < -0.4 is 38.9 Å². The monoisotopic (exact) mass is 617 g/mol. The molecule has 14 nitrogen and oxygen atoms in total. The van der Waals surface area contributed by atoms with Crippen LogP contribution in [0, 0.1) is 0 Å². The lowest BCUT2D eigenvalue weighted by atomic mass is 10.1. The van der Waals surface area contributed by atoms with Gasteiger partial charge in [0.25, 0.3) is 17.7 Å². The molecule has 2 aromatic carbocycles. The average Bonchev–Trinajstić information content (AvgIpc) is 3.54. The number of nitrogens with zero attached hydrogens (tertiary/aromatic N) is 2. The number of carbonyl (C=O) groups excluding carboxylic acids is 3. The van der Waals surface area contributed by atoms with Crippen molar-refractivity contribution in [2.75, 3.05) is 31.5 Å². The molecule has 13 N–H and O–H groups in total. The van der Waals surface area contributed by atoms with E-state index in [-0.39, 0.29) is 67.5 Å². The van der Waals surface area contributed by atoms with E-state index in [1.165, 1.54) is 0 Å². The average molecular weight is 619 g/mol. The number of fused-ring (bicyclic) bond motifs is 2. The van der Waals surface area contributed by atoms with E-state index in [2.05, 4.69) is 35.9 Å². The maximum Gasteiger partial charge on any atom is 0.272 e. The first-order chi connectivity index (χ1) is 19.2. The normalized spacial score (nSPS) is 10.2. The second-order valence-corrected chi connectivity index (χ2v) is 8.90. The van der Waals surface area contributed by atoms with Crippen LogP contribution in [0.1, 0.15) is 37.8 Å². The van der Waals surface area contributed by atoms with Gasteiger partial charge < -0.3 is 48.9 Å². The third kappa shape index (κ3) is 8.78. The molecule has 4 rings (SSSR count). The molecule has 0 aliphatic carbocycles. The number of rotatable bonds is 11. The quantitative estimate of drug-likeness (QED) is 0.0673. The first kappa shape index (κ1) is 33.3. The topological polar surface area (TPSA) is 248 Å². The van der Waals surface area contributed by atoms with Crippen LogP contribution >= 0.6 is 24.8 Å². The van der Waals surface area contributed by atoms with Gasteiger partial charge >= 0.3 is 0 Å². The van der Waals surface area contributed by atoms with E-state index in [1.54, 1.807) is 48.5 Å². The highest BCUT2D eigenvalue weighted by atomic mass is 35.5. The van der Waals surface area contributed by atoms with Gasteiger partial charge in [-0.15, -0.1) is 24.8 Å². The lowest BCUT2D eigenvalue weighted by Crippen LogP contribution is -2.28. The molecular weight excluding hydrogens is 585 g/mol. The van der Waals surface area contributed by atoms with E-state index < -0.39 is 0 Å². The summed E-state index contributed by atoms with van der Waals surface area (Å²) in [5.74, 6) is -0.918. The molecule has 0 saturated carbocycles. The maximum absolute atomic E-state index is 12.9. The molecule has 0 aliphatic heterocycles. The molecule has 0 saturated heterocycles. The molecule has 0 spiro atoms. The van der Waals surface area contributed by atoms with Crippen LogP contribution in [0.25, 0.3) is 21.8 Å². The van der Waals surface area contributed by atoms with Gasteiger partial charge in [0, 0.05) is 52.7 Å². The van der Waals surface area contributed by atoms with Crippen molar-refractivity contribution in [3.05, 3.63) is 65.5 Å². The minimum atomic E-state index is -0.356.